The molecule has 3 aromatic rings. The van der Waals surface area contributed by atoms with Crippen LogP contribution in [-0.4, -0.2) is 18.9 Å². The van der Waals surface area contributed by atoms with Crippen molar-refractivity contribution in [2.75, 3.05) is 28.6 Å². The van der Waals surface area contributed by atoms with Crippen LogP contribution in [0.5, 0.6) is 0 Å². The van der Waals surface area contributed by atoms with Gasteiger partial charge in [-0.3, -0.25) is 4.79 Å². The standard InChI is InChI=1S/C27H29N3O2/c1-3-30(4-2)20-13-11-18(12-14-20)27-26-23(28-21-8-5-6-9-22(21)29-27)16-19(17-24(26)31)25-10-7-15-32-25/h5-15,19,27-29H,3-4,16-17H2,1-2H3/t19-,27-/m1/s1. The summed E-state index contributed by atoms with van der Waals surface area (Å²) in [5.41, 5.74) is 6.11. The van der Waals surface area contributed by atoms with Gasteiger partial charge in [-0.25, -0.2) is 0 Å². The van der Waals surface area contributed by atoms with Crippen molar-refractivity contribution in [1.29, 1.82) is 0 Å². The van der Waals surface area contributed by atoms with Crippen LogP contribution in [0.1, 0.15) is 50.0 Å². The van der Waals surface area contributed by atoms with Gasteiger partial charge in [0.25, 0.3) is 0 Å². The number of benzene rings is 2. The molecule has 0 saturated carbocycles. The lowest BCUT2D eigenvalue weighted by molar-refractivity contribution is -0.116. The molecule has 2 N–H and O–H groups in total. The molecule has 5 nitrogen and oxygen atoms in total. The minimum atomic E-state index is -0.197. The molecular formula is C27H29N3O2. The number of hydrogen-bond acceptors (Lipinski definition) is 5. The van der Waals surface area contributed by atoms with Gasteiger partial charge >= 0.3 is 0 Å². The number of anilines is 3. The number of para-hydroxylation sites is 2. The lowest BCUT2D eigenvalue weighted by Gasteiger charge is -2.29. The van der Waals surface area contributed by atoms with Gasteiger partial charge in [0.15, 0.2) is 5.78 Å². The number of carbonyl (C=O) groups excluding carboxylic acids is 1. The Morgan fingerprint density at radius 3 is 2.38 bits per heavy atom. The van der Waals surface area contributed by atoms with Crippen LogP contribution >= 0.6 is 0 Å². The fourth-order valence-corrected chi connectivity index (χ4v) is 4.93. The topological polar surface area (TPSA) is 57.5 Å². The number of hydrogen-bond donors (Lipinski definition) is 2. The summed E-state index contributed by atoms with van der Waals surface area (Å²) in [6.45, 7) is 6.27. The smallest absolute Gasteiger partial charge is 0.163 e. The second-order valence-electron chi connectivity index (χ2n) is 8.45. The molecular weight excluding hydrogens is 398 g/mol. The van der Waals surface area contributed by atoms with Gasteiger partial charge in [0, 0.05) is 42.4 Å². The highest BCUT2D eigenvalue weighted by Crippen LogP contribution is 2.44. The molecule has 2 heterocycles. The minimum Gasteiger partial charge on any atom is -0.469 e. The second kappa shape index (κ2) is 8.58. The fraction of sp³-hybridized carbons (Fsp3) is 0.296. The van der Waals surface area contributed by atoms with Crippen LogP contribution in [0.4, 0.5) is 17.1 Å². The van der Waals surface area contributed by atoms with E-state index in [1.54, 1.807) is 6.26 Å². The predicted octanol–water partition coefficient (Wildman–Crippen LogP) is 6.11. The zero-order valence-corrected chi connectivity index (χ0v) is 18.6. The van der Waals surface area contributed by atoms with E-state index in [4.69, 9.17) is 4.42 Å². The molecule has 2 atom stereocenters. The minimum absolute atomic E-state index is 0.0553. The van der Waals surface area contributed by atoms with Crippen LogP contribution < -0.4 is 15.5 Å². The van der Waals surface area contributed by atoms with E-state index in [0.29, 0.717) is 6.42 Å². The Labute approximate surface area is 189 Å². The average Bonchev–Trinajstić information content (AvgIpc) is 3.29. The molecule has 0 unspecified atom stereocenters. The zero-order chi connectivity index (χ0) is 22.1. The van der Waals surface area contributed by atoms with Crippen LogP contribution in [0, 0.1) is 0 Å². The highest BCUT2D eigenvalue weighted by Gasteiger charge is 2.36. The van der Waals surface area contributed by atoms with Crippen LogP contribution in [-0.2, 0) is 4.79 Å². The summed E-state index contributed by atoms with van der Waals surface area (Å²) in [5, 5.41) is 7.23. The van der Waals surface area contributed by atoms with E-state index in [-0.39, 0.29) is 17.7 Å². The molecule has 32 heavy (non-hydrogen) atoms. The molecule has 0 saturated heterocycles. The largest absolute Gasteiger partial charge is 0.469 e. The van der Waals surface area contributed by atoms with Gasteiger partial charge in [-0.05, 0) is 62.2 Å². The molecule has 2 aliphatic rings. The van der Waals surface area contributed by atoms with E-state index in [9.17, 15) is 4.79 Å². The molecule has 0 spiro atoms. The Morgan fingerprint density at radius 1 is 0.938 bits per heavy atom. The number of carbonyl (C=O) groups is 1. The van der Waals surface area contributed by atoms with E-state index in [2.05, 4.69) is 65.8 Å². The number of rotatable bonds is 5. The van der Waals surface area contributed by atoms with Crippen molar-refractivity contribution < 1.29 is 9.21 Å². The fourth-order valence-electron chi connectivity index (χ4n) is 4.93. The monoisotopic (exact) mass is 427 g/mol. The van der Waals surface area contributed by atoms with Crippen LogP contribution in [0.15, 0.2) is 82.6 Å². The number of nitrogens with zero attached hydrogens (tertiary/aromatic N) is 1. The highest BCUT2D eigenvalue weighted by molar-refractivity contribution is 6.01. The van der Waals surface area contributed by atoms with Crippen molar-refractivity contribution in [1.82, 2.24) is 0 Å². The third kappa shape index (κ3) is 3.68. The van der Waals surface area contributed by atoms with Crippen LogP contribution in [0.3, 0.4) is 0 Å². The Hall–Kier alpha value is -3.47. The first-order chi connectivity index (χ1) is 15.7. The van der Waals surface area contributed by atoms with Crippen LogP contribution in [0.25, 0.3) is 0 Å². The highest BCUT2D eigenvalue weighted by atomic mass is 16.3. The van der Waals surface area contributed by atoms with Crippen molar-refractivity contribution in [2.24, 2.45) is 0 Å². The van der Waals surface area contributed by atoms with E-state index in [1.807, 2.05) is 24.3 Å². The van der Waals surface area contributed by atoms with Crippen molar-refractivity contribution in [2.45, 2.75) is 38.6 Å². The van der Waals surface area contributed by atoms with Gasteiger partial charge in [-0.2, -0.15) is 0 Å². The maximum Gasteiger partial charge on any atom is 0.163 e. The Bertz CT molecular complexity index is 1130. The number of nitrogens with one attached hydrogen (secondary N) is 2. The third-order valence-electron chi connectivity index (χ3n) is 6.61. The summed E-state index contributed by atoms with van der Waals surface area (Å²) >= 11 is 0. The number of fused-ring (bicyclic) bond motifs is 1. The SMILES string of the molecule is CCN(CC)c1ccc([C@H]2Nc3ccccc3NC3=C2C(=O)C[C@H](c2ccco2)C3)cc1. The van der Waals surface area contributed by atoms with E-state index in [0.717, 1.165) is 53.5 Å². The Morgan fingerprint density at radius 2 is 1.69 bits per heavy atom. The molecule has 1 aliphatic carbocycles. The molecule has 164 valence electrons. The van der Waals surface area contributed by atoms with Crippen molar-refractivity contribution >= 4 is 22.8 Å². The molecule has 0 fully saturated rings. The molecule has 1 aromatic heterocycles. The van der Waals surface area contributed by atoms with Gasteiger partial charge in [0.05, 0.1) is 23.7 Å². The summed E-state index contributed by atoms with van der Waals surface area (Å²) < 4.78 is 5.65. The normalized spacial score (nSPS) is 20.0. The summed E-state index contributed by atoms with van der Waals surface area (Å²) in [7, 11) is 0. The van der Waals surface area contributed by atoms with E-state index < -0.39 is 0 Å². The summed E-state index contributed by atoms with van der Waals surface area (Å²) in [6.07, 6.45) is 2.89. The Kier molecular flexibility index (Phi) is 5.48. The first kappa shape index (κ1) is 20.4. The lowest BCUT2D eigenvalue weighted by Crippen LogP contribution is -2.27. The molecule has 0 bridgehead atoms. The summed E-state index contributed by atoms with van der Waals surface area (Å²) in [5.74, 6) is 1.09. The van der Waals surface area contributed by atoms with Gasteiger partial charge < -0.3 is 20.0 Å². The van der Waals surface area contributed by atoms with E-state index in [1.165, 1.54) is 5.69 Å². The number of furan rings is 1. The van der Waals surface area contributed by atoms with Gasteiger partial charge in [0.1, 0.15) is 5.76 Å². The third-order valence-corrected chi connectivity index (χ3v) is 6.61. The number of allylic oxidation sites excluding steroid dienone is 1. The quantitative estimate of drug-likeness (QED) is 0.515. The number of ketones is 1. The Balaban J connectivity index is 1.56. The maximum absolute atomic E-state index is 13.5. The second-order valence-corrected chi connectivity index (χ2v) is 8.45. The van der Waals surface area contributed by atoms with Crippen LogP contribution in [0.2, 0.25) is 0 Å². The molecule has 5 rings (SSSR count). The first-order valence-corrected chi connectivity index (χ1v) is 11.4. The van der Waals surface area contributed by atoms with Gasteiger partial charge in [-0.1, -0.05) is 24.3 Å². The van der Waals surface area contributed by atoms with Crippen molar-refractivity contribution in [3.63, 3.8) is 0 Å². The van der Waals surface area contributed by atoms with Gasteiger partial charge in [-0.15, -0.1) is 0 Å². The van der Waals surface area contributed by atoms with E-state index >= 15 is 0 Å². The summed E-state index contributed by atoms with van der Waals surface area (Å²) in [6, 6.07) is 20.4. The average molecular weight is 428 g/mol. The summed E-state index contributed by atoms with van der Waals surface area (Å²) in [4.78, 5) is 15.8. The number of Topliss-reactive ketones (excluding diaryl/α,β-unsaturated/α-hetero) is 1. The zero-order valence-electron chi connectivity index (χ0n) is 18.6. The van der Waals surface area contributed by atoms with Crippen molar-refractivity contribution in [3.05, 3.63) is 89.5 Å². The molecule has 1 aliphatic heterocycles. The lowest BCUT2D eigenvalue weighted by atomic mass is 9.80. The molecule has 5 heteroatoms. The van der Waals surface area contributed by atoms with Crippen molar-refractivity contribution in [3.8, 4) is 0 Å². The maximum atomic E-state index is 13.5. The van der Waals surface area contributed by atoms with Gasteiger partial charge in [0.2, 0.25) is 0 Å². The predicted molar refractivity (Wildman–Crippen MR) is 129 cm³/mol. The first-order valence-electron chi connectivity index (χ1n) is 11.4. The molecule has 0 radical (unpaired) electrons. The molecule has 0 amide bonds. The molecule has 2 aromatic carbocycles.